The van der Waals surface area contributed by atoms with Crippen LogP contribution in [0.25, 0.3) is 27.4 Å². The first-order chi connectivity index (χ1) is 17.5. The Morgan fingerprint density at radius 1 is 0.917 bits per heavy atom. The van der Waals surface area contributed by atoms with Crippen molar-refractivity contribution in [2.75, 3.05) is 5.75 Å². The second-order valence-corrected chi connectivity index (χ2v) is 9.33. The number of amides is 1. The molecule has 0 bridgehead atoms. The van der Waals surface area contributed by atoms with E-state index >= 15 is 0 Å². The second kappa shape index (κ2) is 10.2. The molecule has 0 aliphatic heterocycles. The minimum absolute atomic E-state index is 0.0585. The average molecular weight is 493 g/mol. The Balaban J connectivity index is 1.40. The molecule has 7 heteroatoms. The van der Waals surface area contributed by atoms with Gasteiger partial charge in [0.25, 0.3) is 11.5 Å². The maximum absolute atomic E-state index is 13.4. The molecule has 0 fully saturated rings. The number of rotatable bonds is 6. The third-order valence-electron chi connectivity index (χ3n) is 5.96. The number of carbonyl (C=O) groups excluding carboxylic acids is 1. The van der Waals surface area contributed by atoms with E-state index in [0.717, 1.165) is 27.6 Å². The van der Waals surface area contributed by atoms with Crippen LogP contribution >= 0.6 is 11.8 Å². The molecule has 5 aromatic rings. The first kappa shape index (κ1) is 23.5. The van der Waals surface area contributed by atoms with Gasteiger partial charge in [0.15, 0.2) is 5.16 Å². The summed E-state index contributed by atoms with van der Waals surface area (Å²) in [5.41, 5.74) is 6.45. The molecule has 0 saturated carbocycles. The predicted molar refractivity (Wildman–Crippen MR) is 147 cm³/mol. The molecule has 36 heavy (non-hydrogen) atoms. The number of nitrogens with one attached hydrogen (secondary N) is 1. The maximum Gasteiger partial charge on any atom is 0.266 e. The topological polar surface area (TPSA) is 76.3 Å². The lowest BCUT2D eigenvalue weighted by Gasteiger charge is -2.14. The largest absolute Gasteiger partial charge is 0.272 e. The van der Waals surface area contributed by atoms with Gasteiger partial charge in [-0.25, -0.2) is 10.4 Å². The number of hydrogen-bond acceptors (Lipinski definition) is 5. The number of aryl methyl sites for hydroxylation is 1. The SMILES string of the molecule is CC(=NNC(=O)CSc1nc2ccccc2c(=O)n1-c1ccccc1C)c1cccc2ccccc12. The quantitative estimate of drug-likeness (QED) is 0.147. The van der Waals surface area contributed by atoms with Gasteiger partial charge >= 0.3 is 0 Å². The van der Waals surface area contributed by atoms with E-state index in [1.807, 2.05) is 92.7 Å². The second-order valence-electron chi connectivity index (χ2n) is 8.39. The summed E-state index contributed by atoms with van der Waals surface area (Å²) in [6.45, 7) is 3.82. The smallest absolute Gasteiger partial charge is 0.266 e. The summed E-state index contributed by atoms with van der Waals surface area (Å²) in [6, 6.07) is 29.0. The van der Waals surface area contributed by atoms with Crippen molar-refractivity contribution in [2.24, 2.45) is 5.10 Å². The number of para-hydroxylation sites is 2. The fraction of sp³-hybridized carbons (Fsp3) is 0.103. The minimum atomic E-state index is -0.279. The summed E-state index contributed by atoms with van der Waals surface area (Å²) in [5.74, 6) is -0.221. The standard InChI is InChI=1S/C29H24N4O2S/c1-19-10-3-8-17-26(19)33-28(35)24-14-6-7-16-25(24)30-29(33)36-18-27(34)32-31-20(2)22-15-9-12-21-11-4-5-13-23(21)22/h3-17H,18H2,1-2H3,(H,32,34). The molecular weight excluding hydrogens is 468 g/mol. The Labute approximate surface area is 212 Å². The predicted octanol–water partition coefficient (Wildman–Crippen LogP) is 5.48. The van der Waals surface area contributed by atoms with Gasteiger partial charge in [0.05, 0.1) is 28.1 Å². The van der Waals surface area contributed by atoms with Crippen molar-refractivity contribution in [2.45, 2.75) is 19.0 Å². The van der Waals surface area contributed by atoms with Crippen LogP contribution in [0.2, 0.25) is 0 Å². The number of hydrogen-bond donors (Lipinski definition) is 1. The number of nitrogens with zero attached hydrogens (tertiary/aromatic N) is 3. The van der Waals surface area contributed by atoms with Gasteiger partial charge in [0.2, 0.25) is 0 Å². The molecule has 6 nitrogen and oxygen atoms in total. The molecule has 4 aromatic carbocycles. The summed E-state index contributed by atoms with van der Waals surface area (Å²) in [5, 5.41) is 7.51. The fourth-order valence-corrected chi connectivity index (χ4v) is 4.94. The summed E-state index contributed by atoms with van der Waals surface area (Å²) in [4.78, 5) is 30.9. The lowest BCUT2D eigenvalue weighted by atomic mass is 10.0. The Morgan fingerprint density at radius 2 is 1.61 bits per heavy atom. The van der Waals surface area contributed by atoms with Crippen LogP contribution in [0.15, 0.2) is 106 Å². The van der Waals surface area contributed by atoms with Crippen LogP contribution in [-0.2, 0) is 4.79 Å². The highest BCUT2D eigenvalue weighted by Crippen LogP contribution is 2.23. The first-order valence-electron chi connectivity index (χ1n) is 11.5. The van der Waals surface area contributed by atoms with E-state index in [1.165, 1.54) is 11.8 Å². The van der Waals surface area contributed by atoms with E-state index in [0.29, 0.717) is 21.8 Å². The molecular formula is C29H24N4O2S. The van der Waals surface area contributed by atoms with Gasteiger partial charge in [-0.15, -0.1) is 0 Å². The third-order valence-corrected chi connectivity index (χ3v) is 6.90. The van der Waals surface area contributed by atoms with Crippen LogP contribution in [0.3, 0.4) is 0 Å². The molecule has 0 saturated heterocycles. The van der Waals surface area contributed by atoms with Crippen molar-refractivity contribution in [1.82, 2.24) is 15.0 Å². The molecule has 0 aliphatic rings. The Morgan fingerprint density at radius 3 is 2.44 bits per heavy atom. The van der Waals surface area contributed by atoms with Crippen molar-refractivity contribution < 1.29 is 4.79 Å². The Bertz CT molecular complexity index is 1690. The van der Waals surface area contributed by atoms with Crippen LogP contribution in [0.1, 0.15) is 18.1 Å². The number of thioether (sulfide) groups is 1. The first-order valence-corrected chi connectivity index (χ1v) is 12.5. The number of hydrazone groups is 1. The van der Waals surface area contributed by atoms with Crippen LogP contribution in [0.4, 0.5) is 0 Å². The molecule has 0 radical (unpaired) electrons. The fourth-order valence-electron chi connectivity index (χ4n) is 4.15. The van der Waals surface area contributed by atoms with Crippen molar-refractivity contribution in [3.63, 3.8) is 0 Å². The van der Waals surface area contributed by atoms with Gasteiger partial charge in [-0.05, 0) is 48.4 Å². The Hall–Kier alpha value is -4.23. The summed E-state index contributed by atoms with van der Waals surface area (Å²) in [7, 11) is 0. The molecule has 0 atom stereocenters. The monoisotopic (exact) mass is 492 g/mol. The number of fused-ring (bicyclic) bond motifs is 2. The van der Waals surface area contributed by atoms with E-state index in [4.69, 9.17) is 4.98 Å². The molecule has 1 heterocycles. The van der Waals surface area contributed by atoms with E-state index in [9.17, 15) is 9.59 Å². The van der Waals surface area contributed by atoms with E-state index in [1.54, 1.807) is 16.7 Å². The molecule has 1 aromatic heterocycles. The highest BCUT2D eigenvalue weighted by molar-refractivity contribution is 7.99. The van der Waals surface area contributed by atoms with Crippen LogP contribution in [0, 0.1) is 6.92 Å². The van der Waals surface area contributed by atoms with Crippen LogP contribution in [-0.4, -0.2) is 26.9 Å². The van der Waals surface area contributed by atoms with E-state index in [-0.39, 0.29) is 17.2 Å². The van der Waals surface area contributed by atoms with Gasteiger partial charge in [-0.3, -0.25) is 14.2 Å². The van der Waals surface area contributed by atoms with Crippen LogP contribution in [0.5, 0.6) is 0 Å². The number of aromatic nitrogens is 2. The molecule has 5 rings (SSSR count). The molecule has 1 amide bonds. The zero-order valence-electron chi connectivity index (χ0n) is 19.9. The summed E-state index contributed by atoms with van der Waals surface area (Å²) >= 11 is 1.21. The molecule has 0 spiro atoms. The van der Waals surface area contributed by atoms with Crippen LogP contribution < -0.4 is 11.0 Å². The lowest BCUT2D eigenvalue weighted by Crippen LogP contribution is -2.25. The van der Waals surface area contributed by atoms with Gasteiger partial charge < -0.3 is 0 Å². The van der Waals surface area contributed by atoms with Crippen molar-refractivity contribution in [3.8, 4) is 5.69 Å². The molecule has 178 valence electrons. The van der Waals surface area contributed by atoms with Gasteiger partial charge in [-0.2, -0.15) is 5.10 Å². The zero-order valence-corrected chi connectivity index (χ0v) is 20.8. The van der Waals surface area contributed by atoms with Crippen molar-refractivity contribution >= 4 is 45.1 Å². The van der Waals surface area contributed by atoms with Gasteiger partial charge in [0, 0.05) is 5.56 Å². The third kappa shape index (κ3) is 4.65. The average Bonchev–Trinajstić information content (AvgIpc) is 2.91. The zero-order chi connectivity index (χ0) is 25.1. The summed E-state index contributed by atoms with van der Waals surface area (Å²) in [6.07, 6.45) is 0. The van der Waals surface area contributed by atoms with Gasteiger partial charge in [-0.1, -0.05) is 84.6 Å². The maximum atomic E-state index is 13.4. The molecule has 0 aliphatic carbocycles. The lowest BCUT2D eigenvalue weighted by molar-refractivity contribution is -0.118. The Kier molecular flexibility index (Phi) is 6.64. The highest BCUT2D eigenvalue weighted by atomic mass is 32.2. The van der Waals surface area contributed by atoms with Gasteiger partial charge in [0.1, 0.15) is 0 Å². The van der Waals surface area contributed by atoms with Crippen molar-refractivity contribution in [3.05, 3.63) is 112 Å². The van der Waals surface area contributed by atoms with Crippen molar-refractivity contribution in [1.29, 1.82) is 0 Å². The van der Waals surface area contributed by atoms with E-state index in [2.05, 4.69) is 10.5 Å². The highest BCUT2D eigenvalue weighted by Gasteiger charge is 2.16. The molecule has 0 unspecified atom stereocenters. The number of benzene rings is 4. The summed E-state index contributed by atoms with van der Waals surface area (Å²) < 4.78 is 1.58. The molecule has 1 N–H and O–H groups in total. The minimum Gasteiger partial charge on any atom is -0.272 e. The normalized spacial score (nSPS) is 11.7. The number of carbonyl (C=O) groups is 1. The van der Waals surface area contributed by atoms with E-state index < -0.39 is 0 Å².